The van der Waals surface area contributed by atoms with Crippen LogP contribution in [0, 0.1) is 6.92 Å². The molecule has 0 aliphatic carbocycles. The Kier molecular flexibility index (Phi) is 7.17. The molecule has 0 atom stereocenters. The number of carbonyl (C=O) groups is 1. The van der Waals surface area contributed by atoms with Crippen LogP contribution in [0.1, 0.15) is 37.6 Å². The summed E-state index contributed by atoms with van der Waals surface area (Å²) < 4.78 is 7.67. The van der Waals surface area contributed by atoms with E-state index in [0.717, 1.165) is 23.7 Å². The Balaban J connectivity index is 1.70. The summed E-state index contributed by atoms with van der Waals surface area (Å²) in [5.74, 6) is 0.796. The highest BCUT2D eigenvalue weighted by Gasteiger charge is 2.19. The van der Waals surface area contributed by atoms with E-state index >= 15 is 0 Å². The van der Waals surface area contributed by atoms with Crippen LogP contribution in [0.5, 0.6) is 5.75 Å². The van der Waals surface area contributed by atoms with Gasteiger partial charge < -0.3 is 19.5 Å². The van der Waals surface area contributed by atoms with Gasteiger partial charge in [-0.3, -0.25) is 0 Å². The number of aromatic nitrogens is 1. The molecule has 5 nitrogen and oxygen atoms in total. The molecule has 0 saturated heterocycles. The smallest absolute Gasteiger partial charge is 0.322 e. The number of carbonyl (C=O) groups excluding carboxylic acids is 1. The van der Waals surface area contributed by atoms with E-state index in [1.807, 2.05) is 56.0 Å². The Hall–Kier alpha value is -3.21. The summed E-state index contributed by atoms with van der Waals surface area (Å²) in [5, 5.41) is 3.00. The van der Waals surface area contributed by atoms with Gasteiger partial charge in [0.25, 0.3) is 0 Å². The molecule has 0 radical (unpaired) electrons. The van der Waals surface area contributed by atoms with Gasteiger partial charge in [-0.05, 0) is 69.7 Å². The number of hydrogen-bond donors (Lipinski definition) is 1. The lowest BCUT2D eigenvalue weighted by atomic mass is 10.1. The van der Waals surface area contributed by atoms with Gasteiger partial charge in [-0.2, -0.15) is 0 Å². The van der Waals surface area contributed by atoms with Crippen LogP contribution in [-0.2, 0) is 13.1 Å². The van der Waals surface area contributed by atoms with Crippen molar-refractivity contribution in [1.82, 2.24) is 9.47 Å². The molecular weight excluding hydrogens is 374 g/mol. The van der Waals surface area contributed by atoms with Gasteiger partial charge in [0.05, 0.1) is 13.2 Å². The maximum absolute atomic E-state index is 13.0. The Morgan fingerprint density at radius 1 is 1.10 bits per heavy atom. The van der Waals surface area contributed by atoms with Crippen LogP contribution in [-0.4, -0.2) is 28.1 Å². The molecule has 3 rings (SSSR count). The van der Waals surface area contributed by atoms with Gasteiger partial charge in [0.15, 0.2) is 0 Å². The van der Waals surface area contributed by atoms with Gasteiger partial charge in [0.1, 0.15) is 5.75 Å². The van der Waals surface area contributed by atoms with Gasteiger partial charge >= 0.3 is 6.03 Å². The minimum atomic E-state index is -0.113. The predicted molar refractivity (Wildman–Crippen MR) is 122 cm³/mol. The van der Waals surface area contributed by atoms with Crippen molar-refractivity contribution in [2.45, 2.75) is 46.8 Å². The second-order valence-corrected chi connectivity index (χ2v) is 7.73. The third kappa shape index (κ3) is 5.66. The van der Waals surface area contributed by atoms with Crippen LogP contribution >= 0.6 is 0 Å². The van der Waals surface area contributed by atoms with E-state index in [-0.39, 0.29) is 12.1 Å². The van der Waals surface area contributed by atoms with Crippen molar-refractivity contribution in [3.63, 3.8) is 0 Å². The zero-order chi connectivity index (χ0) is 21.5. The van der Waals surface area contributed by atoms with Gasteiger partial charge in [0, 0.05) is 30.2 Å². The van der Waals surface area contributed by atoms with E-state index in [1.165, 1.54) is 11.1 Å². The molecule has 0 unspecified atom stereocenters. The molecule has 0 bridgehead atoms. The van der Waals surface area contributed by atoms with Crippen LogP contribution in [0.3, 0.4) is 0 Å². The van der Waals surface area contributed by atoms with Crippen LogP contribution in [0.2, 0.25) is 0 Å². The number of nitrogens with one attached hydrogen (secondary N) is 1. The van der Waals surface area contributed by atoms with Crippen molar-refractivity contribution in [2.24, 2.45) is 0 Å². The first-order valence-corrected chi connectivity index (χ1v) is 10.5. The molecule has 0 fully saturated rings. The van der Waals surface area contributed by atoms with E-state index in [1.54, 1.807) is 0 Å². The number of benzene rings is 2. The molecule has 0 saturated carbocycles. The van der Waals surface area contributed by atoms with Crippen LogP contribution in [0.4, 0.5) is 10.5 Å². The lowest BCUT2D eigenvalue weighted by Crippen LogP contribution is -2.40. The minimum absolute atomic E-state index is 0.0648. The monoisotopic (exact) mass is 405 g/mol. The van der Waals surface area contributed by atoms with Gasteiger partial charge in [-0.15, -0.1) is 0 Å². The Morgan fingerprint density at radius 2 is 1.87 bits per heavy atom. The molecule has 2 amide bonds. The predicted octanol–water partition coefficient (Wildman–Crippen LogP) is 5.69. The largest absolute Gasteiger partial charge is 0.494 e. The van der Waals surface area contributed by atoms with Gasteiger partial charge in [-0.25, -0.2) is 4.79 Å². The summed E-state index contributed by atoms with van der Waals surface area (Å²) >= 11 is 0. The Labute approximate surface area is 179 Å². The number of hydrogen-bond acceptors (Lipinski definition) is 2. The highest BCUT2D eigenvalue weighted by molar-refractivity contribution is 5.89. The Bertz CT molecular complexity index is 961. The van der Waals surface area contributed by atoms with E-state index in [2.05, 4.69) is 53.3 Å². The molecule has 1 N–H and O–H groups in total. The summed E-state index contributed by atoms with van der Waals surface area (Å²) in [6.45, 7) is 10.1. The van der Waals surface area contributed by atoms with Crippen molar-refractivity contribution in [2.75, 3.05) is 11.9 Å². The molecule has 3 aromatic rings. The molecule has 0 aliphatic rings. The lowest BCUT2D eigenvalue weighted by molar-refractivity contribution is 0.192. The minimum Gasteiger partial charge on any atom is -0.494 e. The molecule has 0 aliphatic heterocycles. The molecular formula is C25H31N3O2. The highest BCUT2D eigenvalue weighted by Crippen LogP contribution is 2.18. The third-order valence-corrected chi connectivity index (χ3v) is 4.99. The first-order valence-electron chi connectivity index (χ1n) is 10.5. The molecule has 5 heteroatoms. The van der Waals surface area contributed by atoms with Gasteiger partial charge in [-0.1, -0.05) is 29.8 Å². The average molecular weight is 406 g/mol. The molecule has 1 heterocycles. The molecule has 158 valence electrons. The maximum atomic E-state index is 13.0. The van der Waals surface area contributed by atoms with Crippen LogP contribution < -0.4 is 10.1 Å². The Morgan fingerprint density at radius 3 is 2.53 bits per heavy atom. The average Bonchev–Trinajstić information content (AvgIpc) is 3.14. The zero-order valence-electron chi connectivity index (χ0n) is 18.3. The fourth-order valence-corrected chi connectivity index (χ4v) is 3.41. The van der Waals surface area contributed by atoms with Crippen molar-refractivity contribution in [1.29, 1.82) is 0 Å². The molecule has 30 heavy (non-hydrogen) atoms. The van der Waals surface area contributed by atoms with E-state index in [4.69, 9.17) is 4.74 Å². The number of amides is 2. The first-order chi connectivity index (χ1) is 14.5. The number of rotatable bonds is 8. The summed E-state index contributed by atoms with van der Waals surface area (Å²) in [7, 11) is 0. The maximum Gasteiger partial charge on any atom is 0.322 e. The summed E-state index contributed by atoms with van der Waals surface area (Å²) in [6, 6.07) is 20.0. The van der Waals surface area contributed by atoms with Crippen molar-refractivity contribution in [3.8, 4) is 5.75 Å². The number of nitrogens with zero attached hydrogens (tertiary/aromatic N) is 2. The van der Waals surface area contributed by atoms with Crippen molar-refractivity contribution < 1.29 is 9.53 Å². The number of ether oxygens (including phenoxy) is 1. The second-order valence-electron chi connectivity index (χ2n) is 7.73. The quantitative estimate of drug-likeness (QED) is 0.524. The topological polar surface area (TPSA) is 46.5 Å². The molecule has 0 spiro atoms. The number of aryl methyl sites for hydroxylation is 1. The number of anilines is 1. The van der Waals surface area contributed by atoms with Crippen molar-refractivity contribution >= 4 is 11.7 Å². The van der Waals surface area contributed by atoms with E-state index in [0.29, 0.717) is 13.2 Å². The summed E-state index contributed by atoms with van der Waals surface area (Å²) in [5.41, 5.74) is 4.36. The second kappa shape index (κ2) is 10.0. The SMILES string of the molecule is CCOc1ccc(NC(=O)N(Cc2cccn2Cc2cccc(C)c2)C(C)C)cc1. The molecule has 2 aromatic carbocycles. The number of urea groups is 1. The third-order valence-electron chi connectivity index (χ3n) is 4.99. The van der Waals surface area contributed by atoms with Gasteiger partial charge in [0.2, 0.25) is 0 Å². The zero-order valence-corrected chi connectivity index (χ0v) is 18.3. The van der Waals surface area contributed by atoms with Crippen LogP contribution in [0.15, 0.2) is 66.9 Å². The lowest BCUT2D eigenvalue weighted by Gasteiger charge is -2.27. The first kappa shape index (κ1) is 21.5. The standard InChI is InChI=1S/C25H31N3O2/c1-5-30-24-13-11-22(12-14-24)26-25(29)28(19(2)3)18-23-10-7-15-27(23)17-21-9-6-8-20(4)16-21/h6-16,19H,5,17-18H2,1-4H3,(H,26,29). The van der Waals surface area contributed by atoms with Crippen molar-refractivity contribution in [3.05, 3.63) is 83.7 Å². The fourth-order valence-electron chi connectivity index (χ4n) is 3.41. The molecule has 1 aromatic heterocycles. The normalized spacial score (nSPS) is 10.8. The van der Waals surface area contributed by atoms with E-state index in [9.17, 15) is 4.79 Å². The fraction of sp³-hybridized carbons (Fsp3) is 0.320. The highest BCUT2D eigenvalue weighted by atomic mass is 16.5. The van der Waals surface area contributed by atoms with E-state index < -0.39 is 0 Å². The summed E-state index contributed by atoms with van der Waals surface area (Å²) in [6.07, 6.45) is 2.07. The summed E-state index contributed by atoms with van der Waals surface area (Å²) in [4.78, 5) is 14.8. The van der Waals surface area contributed by atoms with Crippen LogP contribution in [0.25, 0.3) is 0 Å².